The van der Waals surface area contributed by atoms with Gasteiger partial charge in [0.25, 0.3) is 11.8 Å². The number of ether oxygens (including phenoxy) is 1. The molecule has 0 aliphatic heterocycles. The number of halogens is 4. The minimum Gasteiger partial charge on any atom is -0.483 e. The summed E-state index contributed by atoms with van der Waals surface area (Å²) in [5.41, 5.74) is -0.333. The van der Waals surface area contributed by atoms with Crippen molar-refractivity contribution in [2.45, 2.75) is 6.18 Å². The van der Waals surface area contributed by atoms with E-state index in [0.717, 1.165) is 16.9 Å². The number of benzene rings is 3. The molecule has 4 rings (SSSR count). The number of hydrogen-bond acceptors (Lipinski definition) is 4. The molecule has 7 nitrogen and oxygen atoms in total. The summed E-state index contributed by atoms with van der Waals surface area (Å²) in [7, 11) is 0. The Bertz CT molecular complexity index is 1380. The first-order valence-corrected chi connectivity index (χ1v) is 10.5. The van der Waals surface area contributed by atoms with Crippen LogP contribution in [0.4, 0.5) is 28.9 Å². The molecule has 0 aliphatic rings. The molecular weight excluding hydrogens is 480 g/mol. The Morgan fingerprint density at radius 3 is 2.31 bits per heavy atom. The van der Waals surface area contributed by atoms with E-state index in [-0.39, 0.29) is 22.7 Å². The molecule has 0 unspecified atom stereocenters. The SMILES string of the molecule is O=C(COc1ccccc1C(=O)Nc1ccc(-n2nccc2C(F)(F)F)cc1)Nc1ccccc1F. The van der Waals surface area contributed by atoms with Gasteiger partial charge in [0.15, 0.2) is 6.61 Å². The number of aromatic nitrogens is 2. The molecule has 0 atom stereocenters. The molecule has 4 aromatic rings. The van der Waals surface area contributed by atoms with Crippen LogP contribution in [-0.2, 0) is 11.0 Å². The van der Waals surface area contributed by atoms with E-state index in [4.69, 9.17) is 4.74 Å². The zero-order valence-corrected chi connectivity index (χ0v) is 18.4. The number of para-hydroxylation sites is 2. The van der Waals surface area contributed by atoms with Gasteiger partial charge in [0, 0.05) is 5.69 Å². The van der Waals surface area contributed by atoms with Crippen molar-refractivity contribution in [2.75, 3.05) is 17.2 Å². The monoisotopic (exact) mass is 498 g/mol. The molecule has 0 saturated carbocycles. The number of amides is 2. The van der Waals surface area contributed by atoms with Crippen LogP contribution in [0.2, 0.25) is 0 Å². The lowest BCUT2D eigenvalue weighted by Gasteiger charge is -2.13. The van der Waals surface area contributed by atoms with Gasteiger partial charge in [-0.1, -0.05) is 24.3 Å². The molecule has 0 fully saturated rings. The van der Waals surface area contributed by atoms with E-state index in [2.05, 4.69) is 15.7 Å². The van der Waals surface area contributed by atoms with E-state index < -0.39 is 36.1 Å². The van der Waals surface area contributed by atoms with Gasteiger partial charge in [-0.25, -0.2) is 9.07 Å². The molecule has 0 radical (unpaired) electrons. The number of carbonyl (C=O) groups excluding carboxylic acids is 2. The fourth-order valence-corrected chi connectivity index (χ4v) is 3.28. The highest BCUT2D eigenvalue weighted by molar-refractivity contribution is 6.06. The van der Waals surface area contributed by atoms with Crippen molar-refractivity contribution in [3.05, 3.63) is 102 Å². The van der Waals surface area contributed by atoms with Gasteiger partial charge in [-0.2, -0.15) is 18.3 Å². The summed E-state index contributed by atoms with van der Waals surface area (Å²) in [5, 5.41) is 8.72. The molecule has 2 N–H and O–H groups in total. The third-order valence-corrected chi connectivity index (χ3v) is 4.94. The number of hydrogen-bond donors (Lipinski definition) is 2. The predicted octanol–water partition coefficient (Wildman–Crippen LogP) is 5.30. The first-order chi connectivity index (χ1) is 17.2. The van der Waals surface area contributed by atoms with Crippen LogP contribution in [0.15, 0.2) is 85.1 Å². The topological polar surface area (TPSA) is 85.2 Å². The fraction of sp³-hybridized carbons (Fsp3) is 0.0800. The fourth-order valence-electron chi connectivity index (χ4n) is 3.28. The van der Waals surface area contributed by atoms with E-state index in [9.17, 15) is 27.2 Å². The third-order valence-electron chi connectivity index (χ3n) is 4.94. The van der Waals surface area contributed by atoms with Crippen molar-refractivity contribution in [1.82, 2.24) is 9.78 Å². The number of nitrogens with zero attached hydrogens (tertiary/aromatic N) is 2. The highest BCUT2D eigenvalue weighted by atomic mass is 19.4. The third kappa shape index (κ3) is 5.69. The lowest BCUT2D eigenvalue weighted by atomic mass is 10.1. The van der Waals surface area contributed by atoms with Crippen LogP contribution in [0.25, 0.3) is 5.69 Å². The van der Waals surface area contributed by atoms with Crippen LogP contribution in [0.3, 0.4) is 0 Å². The number of nitrogens with one attached hydrogen (secondary N) is 2. The zero-order valence-electron chi connectivity index (χ0n) is 18.4. The standard InChI is InChI=1S/C25H18F4N4O3/c26-19-6-2-3-7-20(19)32-23(34)15-36-21-8-4-1-5-18(21)24(35)31-16-9-11-17(12-10-16)33-22(13-14-30-33)25(27,28)29/h1-14H,15H2,(H,31,35)(H,32,34). The minimum atomic E-state index is -4.57. The Balaban J connectivity index is 1.42. The van der Waals surface area contributed by atoms with E-state index in [0.29, 0.717) is 5.69 Å². The summed E-state index contributed by atoms with van der Waals surface area (Å²) >= 11 is 0. The summed E-state index contributed by atoms with van der Waals surface area (Å²) in [5.74, 6) is -1.67. The molecule has 0 saturated heterocycles. The Labute approximate surface area is 202 Å². The first kappa shape index (κ1) is 24.5. The minimum absolute atomic E-state index is 0.00181. The van der Waals surface area contributed by atoms with Crippen LogP contribution in [0.1, 0.15) is 16.1 Å². The van der Waals surface area contributed by atoms with Crippen molar-refractivity contribution < 1.29 is 31.9 Å². The van der Waals surface area contributed by atoms with Crippen LogP contribution in [0, 0.1) is 5.82 Å². The lowest BCUT2D eigenvalue weighted by molar-refractivity contribution is -0.142. The maximum absolute atomic E-state index is 13.7. The quantitative estimate of drug-likeness (QED) is 0.339. The van der Waals surface area contributed by atoms with E-state index in [1.165, 1.54) is 54.6 Å². The molecule has 1 heterocycles. The van der Waals surface area contributed by atoms with Crippen LogP contribution >= 0.6 is 0 Å². The molecular formula is C25H18F4N4O3. The summed E-state index contributed by atoms with van der Waals surface area (Å²) in [6.07, 6.45) is -3.52. The Hall–Kier alpha value is -4.67. The normalized spacial score (nSPS) is 11.1. The van der Waals surface area contributed by atoms with Gasteiger partial charge in [0.05, 0.1) is 23.1 Å². The molecule has 0 spiro atoms. The summed E-state index contributed by atoms with van der Waals surface area (Å²) in [4.78, 5) is 25.0. The van der Waals surface area contributed by atoms with Crippen molar-refractivity contribution in [3.63, 3.8) is 0 Å². The molecule has 36 heavy (non-hydrogen) atoms. The summed E-state index contributed by atoms with van der Waals surface area (Å²) in [6, 6.07) is 18.3. The number of alkyl halides is 3. The second-order valence-corrected chi connectivity index (χ2v) is 7.44. The Kier molecular flexibility index (Phi) is 7.00. The van der Waals surface area contributed by atoms with Crippen molar-refractivity contribution in [2.24, 2.45) is 0 Å². The largest absolute Gasteiger partial charge is 0.483 e. The molecule has 0 bridgehead atoms. The van der Waals surface area contributed by atoms with Crippen molar-refractivity contribution in [1.29, 1.82) is 0 Å². The van der Waals surface area contributed by atoms with Crippen molar-refractivity contribution in [3.8, 4) is 11.4 Å². The van der Waals surface area contributed by atoms with Gasteiger partial charge in [0.1, 0.15) is 17.3 Å². The second-order valence-electron chi connectivity index (χ2n) is 7.44. The molecule has 1 aromatic heterocycles. The highest BCUT2D eigenvalue weighted by Gasteiger charge is 2.35. The lowest BCUT2D eigenvalue weighted by Crippen LogP contribution is -2.22. The number of rotatable bonds is 7. The summed E-state index contributed by atoms with van der Waals surface area (Å²) < 4.78 is 59.3. The predicted molar refractivity (Wildman–Crippen MR) is 123 cm³/mol. The average molecular weight is 498 g/mol. The van der Waals surface area contributed by atoms with Crippen LogP contribution in [0.5, 0.6) is 5.75 Å². The van der Waals surface area contributed by atoms with E-state index in [1.807, 2.05) is 0 Å². The maximum atomic E-state index is 13.7. The number of anilines is 2. The van der Waals surface area contributed by atoms with E-state index in [1.54, 1.807) is 18.2 Å². The molecule has 2 amide bonds. The van der Waals surface area contributed by atoms with Crippen LogP contribution < -0.4 is 15.4 Å². The van der Waals surface area contributed by atoms with Gasteiger partial charge >= 0.3 is 6.18 Å². The highest BCUT2D eigenvalue weighted by Crippen LogP contribution is 2.30. The summed E-state index contributed by atoms with van der Waals surface area (Å²) in [6.45, 7) is -0.473. The molecule has 0 aliphatic carbocycles. The first-order valence-electron chi connectivity index (χ1n) is 10.5. The molecule has 11 heteroatoms. The Morgan fingerprint density at radius 2 is 1.58 bits per heavy atom. The average Bonchev–Trinajstić information content (AvgIpc) is 3.36. The van der Waals surface area contributed by atoms with Gasteiger partial charge in [-0.05, 0) is 54.6 Å². The van der Waals surface area contributed by atoms with Gasteiger partial charge < -0.3 is 15.4 Å². The van der Waals surface area contributed by atoms with Gasteiger partial charge in [-0.3, -0.25) is 9.59 Å². The van der Waals surface area contributed by atoms with Crippen LogP contribution in [-0.4, -0.2) is 28.2 Å². The Morgan fingerprint density at radius 1 is 0.889 bits per heavy atom. The molecule has 184 valence electrons. The second kappa shape index (κ2) is 10.3. The van der Waals surface area contributed by atoms with Gasteiger partial charge in [0.2, 0.25) is 0 Å². The van der Waals surface area contributed by atoms with Gasteiger partial charge in [-0.15, -0.1) is 0 Å². The molecule has 3 aromatic carbocycles. The zero-order chi connectivity index (χ0) is 25.7. The van der Waals surface area contributed by atoms with Crippen molar-refractivity contribution >= 4 is 23.2 Å². The number of carbonyl (C=O) groups is 2. The maximum Gasteiger partial charge on any atom is 0.433 e. The van der Waals surface area contributed by atoms with E-state index >= 15 is 0 Å². The smallest absolute Gasteiger partial charge is 0.433 e.